The van der Waals surface area contributed by atoms with E-state index in [0.717, 1.165) is 5.82 Å². The number of imidazole rings is 1. The number of benzene rings is 2. The van der Waals surface area contributed by atoms with E-state index < -0.39 is 5.92 Å². The van der Waals surface area contributed by atoms with Gasteiger partial charge in [0.1, 0.15) is 17.3 Å². The molecule has 0 saturated carbocycles. The number of rotatable bonds is 7. The van der Waals surface area contributed by atoms with Gasteiger partial charge in [-0.15, -0.1) is 10.2 Å². The highest BCUT2D eigenvalue weighted by atomic mass is 16.5. The average molecular weight is 485 g/mol. The summed E-state index contributed by atoms with van der Waals surface area (Å²) in [5.41, 5.74) is 1.32. The number of methoxy groups -OCH3 is 1. The Morgan fingerprint density at radius 1 is 1.06 bits per heavy atom. The Balaban J connectivity index is 1.18. The van der Waals surface area contributed by atoms with Crippen molar-refractivity contribution in [3.8, 4) is 23.2 Å². The monoisotopic (exact) mass is 484 g/mol. The third-order valence-electron chi connectivity index (χ3n) is 5.90. The molecule has 0 aliphatic carbocycles. The van der Waals surface area contributed by atoms with E-state index >= 15 is 0 Å². The molecule has 4 aromatic rings. The predicted molar refractivity (Wildman–Crippen MR) is 132 cm³/mol. The van der Waals surface area contributed by atoms with Gasteiger partial charge in [-0.05, 0) is 49.4 Å². The van der Waals surface area contributed by atoms with E-state index in [2.05, 4.69) is 20.5 Å². The minimum Gasteiger partial charge on any atom is -0.497 e. The largest absolute Gasteiger partial charge is 0.497 e. The van der Waals surface area contributed by atoms with Gasteiger partial charge in [-0.1, -0.05) is 6.07 Å². The Bertz CT molecular complexity index is 1380. The van der Waals surface area contributed by atoms with Gasteiger partial charge >= 0.3 is 0 Å². The van der Waals surface area contributed by atoms with Gasteiger partial charge in [-0.2, -0.15) is 0 Å². The third-order valence-corrected chi connectivity index (χ3v) is 5.90. The molecule has 2 aromatic heterocycles. The maximum Gasteiger partial charge on any atom is 0.238 e. The molecule has 36 heavy (non-hydrogen) atoms. The lowest BCUT2D eigenvalue weighted by Crippen LogP contribution is -2.28. The van der Waals surface area contributed by atoms with Gasteiger partial charge < -0.3 is 19.7 Å². The quantitative estimate of drug-likeness (QED) is 0.425. The van der Waals surface area contributed by atoms with Crippen molar-refractivity contribution in [3.63, 3.8) is 0 Å². The zero-order chi connectivity index (χ0) is 25.1. The van der Waals surface area contributed by atoms with Crippen molar-refractivity contribution in [1.29, 1.82) is 0 Å². The average Bonchev–Trinajstić information content (AvgIpc) is 3.51. The van der Waals surface area contributed by atoms with E-state index in [1.54, 1.807) is 60.7 Å². The van der Waals surface area contributed by atoms with Gasteiger partial charge in [-0.3, -0.25) is 14.2 Å². The number of aromatic nitrogens is 4. The number of anilines is 2. The number of ether oxygens (including phenoxy) is 2. The van der Waals surface area contributed by atoms with E-state index in [9.17, 15) is 9.59 Å². The van der Waals surface area contributed by atoms with E-state index in [1.165, 1.54) is 0 Å². The minimum absolute atomic E-state index is 0.0949. The number of carbonyl (C=O) groups is 2. The standard InChI is InChI=1S/C26H24N6O4/c1-17-27-12-13-31(17)23-10-11-24(30-29-23)36-21-8-6-19(7-9-21)28-26(34)18-14-25(33)32(16-18)20-4-3-5-22(15-20)35-2/h3-13,15,18H,14,16H2,1-2H3,(H,28,34). The number of hydrogen-bond donors (Lipinski definition) is 1. The van der Waals surface area contributed by atoms with Crippen LogP contribution in [0.1, 0.15) is 12.2 Å². The zero-order valence-corrected chi connectivity index (χ0v) is 19.8. The summed E-state index contributed by atoms with van der Waals surface area (Å²) >= 11 is 0. The Hall–Kier alpha value is -4.73. The van der Waals surface area contributed by atoms with Crippen molar-refractivity contribution < 1.29 is 19.1 Å². The Kier molecular flexibility index (Phi) is 6.31. The molecule has 182 valence electrons. The summed E-state index contributed by atoms with van der Waals surface area (Å²) in [6, 6.07) is 17.7. The molecule has 1 saturated heterocycles. The van der Waals surface area contributed by atoms with Crippen LogP contribution in [0, 0.1) is 12.8 Å². The van der Waals surface area contributed by atoms with Crippen molar-refractivity contribution in [1.82, 2.24) is 19.7 Å². The van der Waals surface area contributed by atoms with Crippen LogP contribution in [0.2, 0.25) is 0 Å². The molecular formula is C26H24N6O4. The fourth-order valence-corrected chi connectivity index (χ4v) is 4.00. The van der Waals surface area contributed by atoms with Gasteiger partial charge in [0.05, 0.1) is 13.0 Å². The Labute approximate surface area is 207 Å². The minimum atomic E-state index is -0.451. The van der Waals surface area contributed by atoms with Crippen LogP contribution in [0.15, 0.2) is 73.1 Å². The van der Waals surface area contributed by atoms with Crippen LogP contribution in [-0.4, -0.2) is 45.2 Å². The molecule has 2 amide bonds. The van der Waals surface area contributed by atoms with Crippen LogP contribution >= 0.6 is 0 Å². The van der Waals surface area contributed by atoms with E-state index in [-0.39, 0.29) is 18.2 Å². The highest BCUT2D eigenvalue weighted by Gasteiger charge is 2.35. The first-order valence-electron chi connectivity index (χ1n) is 11.4. The molecule has 5 rings (SSSR count). The predicted octanol–water partition coefficient (Wildman–Crippen LogP) is 3.76. The lowest BCUT2D eigenvalue weighted by atomic mass is 10.1. The molecule has 0 spiro atoms. The summed E-state index contributed by atoms with van der Waals surface area (Å²) in [6.07, 6.45) is 3.66. The van der Waals surface area contributed by atoms with Gasteiger partial charge in [0, 0.05) is 48.9 Å². The first-order valence-corrected chi connectivity index (χ1v) is 11.4. The number of nitrogens with zero attached hydrogens (tertiary/aromatic N) is 5. The molecule has 0 bridgehead atoms. The van der Waals surface area contributed by atoms with E-state index in [1.807, 2.05) is 35.9 Å². The molecule has 10 nitrogen and oxygen atoms in total. The van der Waals surface area contributed by atoms with Gasteiger partial charge in [0.15, 0.2) is 5.82 Å². The van der Waals surface area contributed by atoms with Crippen LogP contribution in [0.5, 0.6) is 17.4 Å². The van der Waals surface area contributed by atoms with Crippen LogP contribution in [0.3, 0.4) is 0 Å². The van der Waals surface area contributed by atoms with E-state index in [4.69, 9.17) is 9.47 Å². The van der Waals surface area contributed by atoms with Crippen molar-refractivity contribution >= 4 is 23.2 Å². The van der Waals surface area contributed by atoms with Crippen LogP contribution in [0.25, 0.3) is 5.82 Å². The number of amides is 2. The zero-order valence-electron chi connectivity index (χ0n) is 19.8. The van der Waals surface area contributed by atoms with Crippen molar-refractivity contribution in [3.05, 3.63) is 78.9 Å². The Morgan fingerprint density at radius 3 is 2.58 bits per heavy atom. The normalized spacial score (nSPS) is 15.1. The van der Waals surface area contributed by atoms with Crippen LogP contribution in [0.4, 0.5) is 11.4 Å². The third kappa shape index (κ3) is 4.88. The number of nitrogens with one attached hydrogen (secondary N) is 1. The first-order chi connectivity index (χ1) is 17.5. The van der Waals surface area contributed by atoms with Gasteiger partial charge in [0.25, 0.3) is 0 Å². The summed E-state index contributed by atoms with van der Waals surface area (Å²) < 4.78 is 12.8. The number of carbonyl (C=O) groups excluding carboxylic acids is 2. The van der Waals surface area contributed by atoms with E-state index in [0.29, 0.717) is 41.1 Å². The Morgan fingerprint density at radius 2 is 1.89 bits per heavy atom. The van der Waals surface area contributed by atoms with Gasteiger partial charge in [0.2, 0.25) is 17.7 Å². The number of hydrogen-bond acceptors (Lipinski definition) is 7. The molecule has 1 fully saturated rings. The maximum atomic E-state index is 12.8. The van der Waals surface area contributed by atoms with Gasteiger partial charge in [-0.25, -0.2) is 4.98 Å². The summed E-state index contributed by atoms with van der Waals surface area (Å²) in [5.74, 6) is 2.25. The smallest absolute Gasteiger partial charge is 0.238 e. The number of aryl methyl sites for hydroxylation is 1. The summed E-state index contributed by atoms with van der Waals surface area (Å²) in [4.78, 5) is 31.1. The van der Waals surface area contributed by atoms with Crippen LogP contribution < -0.4 is 19.7 Å². The van der Waals surface area contributed by atoms with Crippen molar-refractivity contribution in [2.45, 2.75) is 13.3 Å². The molecular weight excluding hydrogens is 460 g/mol. The topological polar surface area (TPSA) is 111 Å². The lowest BCUT2D eigenvalue weighted by molar-refractivity contribution is -0.122. The van der Waals surface area contributed by atoms with Crippen molar-refractivity contribution in [2.24, 2.45) is 5.92 Å². The molecule has 0 radical (unpaired) electrons. The second kappa shape index (κ2) is 9.87. The molecule has 1 atom stereocenters. The molecule has 1 aliphatic heterocycles. The molecule has 3 heterocycles. The molecule has 10 heteroatoms. The van der Waals surface area contributed by atoms with Crippen LogP contribution in [-0.2, 0) is 9.59 Å². The molecule has 1 unspecified atom stereocenters. The SMILES string of the molecule is COc1cccc(N2CC(C(=O)Nc3ccc(Oc4ccc(-n5ccnc5C)nn4)cc3)CC2=O)c1. The maximum absolute atomic E-state index is 12.8. The summed E-state index contributed by atoms with van der Waals surface area (Å²) in [7, 11) is 1.57. The molecule has 2 aromatic carbocycles. The highest BCUT2D eigenvalue weighted by molar-refractivity contribution is 6.03. The molecule has 1 N–H and O–H groups in total. The second-order valence-corrected chi connectivity index (χ2v) is 8.30. The molecule has 1 aliphatic rings. The summed E-state index contributed by atoms with van der Waals surface area (Å²) in [6.45, 7) is 2.19. The second-order valence-electron chi connectivity index (χ2n) is 8.30. The fourth-order valence-electron chi connectivity index (χ4n) is 4.00. The highest BCUT2D eigenvalue weighted by Crippen LogP contribution is 2.29. The van der Waals surface area contributed by atoms with Crippen molar-refractivity contribution in [2.75, 3.05) is 23.9 Å². The first kappa shape index (κ1) is 23.0. The fraction of sp³-hybridized carbons (Fsp3) is 0.192. The summed E-state index contributed by atoms with van der Waals surface area (Å²) in [5, 5.41) is 11.2. The lowest BCUT2D eigenvalue weighted by Gasteiger charge is -2.17.